The van der Waals surface area contributed by atoms with Crippen LogP contribution in [0.3, 0.4) is 0 Å². The van der Waals surface area contributed by atoms with Crippen molar-refractivity contribution in [1.82, 2.24) is 4.98 Å². The highest BCUT2D eigenvalue weighted by Gasteiger charge is 2.42. The number of piperidine rings is 1. The molecule has 1 aromatic rings. The van der Waals surface area contributed by atoms with Crippen LogP contribution in [0.1, 0.15) is 31.9 Å². The molecule has 0 aromatic carbocycles. The predicted molar refractivity (Wildman–Crippen MR) is 66.2 cm³/mol. The fourth-order valence-electron chi connectivity index (χ4n) is 2.43. The van der Waals surface area contributed by atoms with Crippen molar-refractivity contribution in [3.05, 3.63) is 24.0 Å². The van der Waals surface area contributed by atoms with Gasteiger partial charge < -0.3 is 10.0 Å². The molecule has 1 unspecified atom stereocenters. The number of nitriles is 1. The fourth-order valence-corrected chi connectivity index (χ4v) is 2.43. The molecule has 0 bridgehead atoms. The van der Waals surface area contributed by atoms with Gasteiger partial charge in [-0.05, 0) is 38.3 Å². The van der Waals surface area contributed by atoms with E-state index in [1.165, 1.54) is 0 Å². The van der Waals surface area contributed by atoms with E-state index in [1.807, 2.05) is 6.07 Å². The number of carboxylic acid groups (broad SMARTS) is 1. The molecule has 1 aliphatic rings. The van der Waals surface area contributed by atoms with Crippen molar-refractivity contribution in [3.8, 4) is 6.07 Å². The van der Waals surface area contributed by atoms with Gasteiger partial charge in [0.15, 0.2) is 5.69 Å². The monoisotopic (exact) mass is 245 g/mol. The maximum Gasteiger partial charge on any atom is 0.329 e. The van der Waals surface area contributed by atoms with Gasteiger partial charge in [-0.15, -0.1) is 0 Å². The van der Waals surface area contributed by atoms with Crippen molar-refractivity contribution in [2.24, 2.45) is 0 Å². The maximum absolute atomic E-state index is 11.5. The molecule has 1 aliphatic heterocycles. The molecule has 1 N–H and O–H groups in total. The quantitative estimate of drug-likeness (QED) is 0.859. The minimum absolute atomic E-state index is 0.284. The molecule has 5 heteroatoms. The van der Waals surface area contributed by atoms with Gasteiger partial charge in [-0.2, -0.15) is 5.26 Å². The van der Waals surface area contributed by atoms with Crippen LogP contribution in [0.25, 0.3) is 0 Å². The first-order valence-electron chi connectivity index (χ1n) is 5.96. The molecule has 1 atom stereocenters. The van der Waals surface area contributed by atoms with Crippen LogP contribution in [0, 0.1) is 11.3 Å². The lowest BCUT2D eigenvalue weighted by Crippen LogP contribution is -2.55. The zero-order chi connectivity index (χ0) is 13.2. The Morgan fingerprint density at radius 3 is 3.06 bits per heavy atom. The lowest BCUT2D eigenvalue weighted by molar-refractivity contribution is -0.143. The average Bonchev–Trinajstić information content (AvgIpc) is 2.39. The van der Waals surface area contributed by atoms with Gasteiger partial charge >= 0.3 is 5.97 Å². The molecule has 0 radical (unpaired) electrons. The minimum Gasteiger partial charge on any atom is -0.480 e. The molecule has 2 heterocycles. The van der Waals surface area contributed by atoms with E-state index in [0.29, 0.717) is 18.7 Å². The molecule has 0 saturated carbocycles. The van der Waals surface area contributed by atoms with E-state index in [0.717, 1.165) is 12.8 Å². The normalized spacial score (nSPS) is 23.4. The Morgan fingerprint density at radius 2 is 2.39 bits per heavy atom. The van der Waals surface area contributed by atoms with Crippen molar-refractivity contribution in [2.45, 2.75) is 31.7 Å². The smallest absolute Gasteiger partial charge is 0.329 e. The summed E-state index contributed by atoms with van der Waals surface area (Å²) in [7, 11) is 0. The number of carboxylic acids is 1. The Labute approximate surface area is 106 Å². The Kier molecular flexibility index (Phi) is 3.19. The molecule has 5 nitrogen and oxygen atoms in total. The molecule has 18 heavy (non-hydrogen) atoms. The van der Waals surface area contributed by atoms with Crippen molar-refractivity contribution in [3.63, 3.8) is 0 Å². The summed E-state index contributed by atoms with van der Waals surface area (Å²) in [6.45, 7) is 2.35. The van der Waals surface area contributed by atoms with Crippen LogP contribution in [-0.2, 0) is 4.79 Å². The van der Waals surface area contributed by atoms with Crippen molar-refractivity contribution in [2.75, 3.05) is 11.4 Å². The number of rotatable bonds is 2. The summed E-state index contributed by atoms with van der Waals surface area (Å²) in [5.41, 5.74) is -0.0520. The second-order valence-electron chi connectivity index (χ2n) is 4.67. The Morgan fingerprint density at radius 1 is 1.61 bits per heavy atom. The van der Waals surface area contributed by atoms with Gasteiger partial charge in [-0.3, -0.25) is 0 Å². The first-order chi connectivity index (χ1) is 8.59. The van der Waals surface area contributed by atoms with Crippen LogP contribution in [0.4, 0.5) is 5.69 Å². The summed E-state index contributed by atoms with van der Waals surface area (Å²) in [6, 6.07) is 5.52. The topological polar surface area (TPSA) is 77.2 Å². The average molecular weight is 245 g/mol. The second-order valence-corrected chi connectivity index (χ2v) is 4.67. The standard InChI is InChI=1S/C13H15N3O2/c1-13(12(17)18)6-2-3-8-16(13)11-5-4-7-15-10(11)9-14/h4-5,7H,2-3,6,8H2,1H3,(H,17,18). The van der Waals surface area contributed by atoms with Crippen LogP contribution in [0.5, 0.6) is 0 Å². The van der Waals surface area contributed by atoms with Crippen LogP contribution in [-0.4, -0.2) is 28.1 Å². The molecule has 0 aliphatic carbocycles. The van der Waals surface area contributed by atoms with Gasteiger partial charge in [0.25, 0.3) is 0 Å². The maximum atomic E-state index is 11.5. The fraction of sp³-hybridized carbons (Fsp3) is 0.462. The number of aliphatic carboxylic acids is 1. The zero-order valence-electron chi connectivity index (χ0n) is 10.3. The van der Waals surface area contributed by atoms with E-state index in [4.69, 9.17) is 5.26 Å². The van der Waals surface area contributed by atoms with Gasteiger partial charge in [0.05, 0.1) is 5.69 Å². The number of pyridine rings is 1. The number of hydrogen-bond acceptors (Lipinski definition) is 4. The van der Waals surface area contributed by atoms with Crippen molar-refractivity contribution >= 4 is 11.7 Å². The lowest BCUT2D eigenvalue weighted by Gasteiger charge is -2.43. The molecule has 1 saturated heterocycles. The summed E-state index contributed by atoms with van der Waals surface area (Å²) >= 11 is 0. The van der Waals surface area contributed by atoms with Crippen molar-refractivity contribution in [1.29, 1.82) is 5.26 Å². The summed E-state index contributed by atoms with van der Waals surface area (Å²) in [4.78, 5) is 17.3. The molecule has 1 aromatic heterocycles. The van der Waals surface area contributed by atoms with E-state index in [9.17, 15) is 9.90 Å². The molecular weight excluding hydrogens is 230 g/mol. The summed E-state index contributed by atoms with van der Waals surface area (Å²) in [5, 5.41) is 18.5. The van der Waals surface area contributed by atoms with Crippen LogP contribution >= 0.6 is 0 Å². The molecule has 0 spiro atoms. The molecular formula is C13H15N3O2. The van der Waals surface area contributed by atoms with Crippen molar-refractivity contribution < 1.29 is 9.90 Å². The third-order valence-corrected chi connectivity index (χ3v) is 3.53. The number of hydrogen-bond donors (Lipinski definition) is 1. The summed E-state index contributed by atoms with van der Waals surface area (Å²) in [5.74, 6) is -0.852. The molecule has 2 rings (SSSR count). The Balaban J connectivity index is 2.47. The largest absolute Gasteiger partial charge is 0.480 e. The number of carbonyl (C=O) groups is 1. The lowest BCUT2D eigenvalue weighted by atomic mass is 9.87. The van der Waals surface area contributed by atoms with Crippen LogP contribution in [0.2, 0.25) is 0 Å². The summed E-state index contributed by atoms with van der Waals surface area (Å²) < 4.78 is 0. The van der Waals surface area contributed by atoms with Gasteiger partial charge in [0.2, 0.25) is 0 Å². The second kappa shape index (κ2) is 4.65. The van der Waals surface area contributed by atoms with E-state index in [1.54, 1.807) is 30.2 Å². The van der Waals surface area contributed by atoms with Crippen LogP contribution < -0.4 is 4.90 Å². The first kappa shape index (κ1) is 12.4. The van der Waals surface area contributed by atoms with E-state index >= 15 is 0 Å². The number of anilines is 1. The third-order valence-electron chi connectivity index (χ3n) is 3.53. The van der Waals surface area contributed by atoms with E-state index in [-0.39, 0.29) is 5.69 Å². The van der Waals surface area contributed by atoms with Gasteiger partial charge in [-0.1, -0.05) is 0 Å². The van der Waals surface area contributed by atoms with E-state index < -0.39 is 11.5 Å². The van der Waals surface area contributed by atoms with Crippen LogP contribution in [0.15, 0.2) is 18.3 Å². The van der Waals surface area contributed by atoms with E-state index in [2.05, 4.69) is 4.98 Å². The zero-order valence-corrected chi connectivity index (χ0v) is 10.3. The Hall–Kier alpha value is -2.09. The summed E-state index contributed by atoms with van der Waals surface area (Å²) in [6.07, 6.45) is 3.95. The Bertz CT molecular complexity index is 509. The highest BCUT2D eigenvalue weighted by Crippen LogP contribution is 2.34. The van der Waals surface area contributed by atoms with Gasteiger partial charge in [0.1, 0.15) is 11.6 Å². The number of nitrogens with zero attached hydrogens (tertiary/aromatic N) is 3. The third kappa shape index (κ3) is 1.90. The molecule has 94 valence electrons. The highest BCUT2D eigenvalue weighted by atomic mass is 16.4. The first-order valence-corrected chi connectivity index (χ1v) is 5.96. The predicted octanol–water partition coefficient (Wildman–Crippen LogP) is 1.79. The van der Waals surface area contributed by atoms with Gasteiger partial charge in [0, 0.05) is 12.7 Å². The molecule has 0 amide bonds. The minimum atomic E-state index is -0.952. The molecule has 1 fully saturated rings. The SMILES string of the molecule is CC1(C(=O)O)CCCCN1c1cccnc1C#N. The highest BCUT2D eigenvalue weighted by molar-refractivity contribution is 5.84. The number of aromatic nitrogens is 1. The van der Waals surface area contributed by atoms with Gasteiger partial charge in [-0.25, -0.2) is 9.78 Å².